The van der Waals surface area contributed by atoms with Gasteiger partial charge in [-0.05, 0) is 19.1 Å². The molecule has 0 saturated carbocycles. The monoisotopic (exact) mass is 297 g/mol. The van der Waals surface area contributed by atoms with Gasteiger partial charge in [0.2, 0.25) is 0 Å². The molecule has 0 radical (unpaired) electrons. The van der Waals surface area contributed by atoms with E-state index in [0.29, 0.717) is 16.9 Å². The van der Waals surface area contributed by atoms with Gasteiger partial charge in [-0.15, -0.1) is 0 Å². The van der Waals surface area contributed by atoms with Crippen LogP contribution in [0, 0.1) is 11.6 Å². The Hall–Kier alpha value is -1.65. The van der Waals surface area contributed by atoms with Gasteiger partial charge in [-0.25, -0.2) is 8.78 Å². The predicted molar refractivity (Wildman–Crippen MR) is 74.7 cm³/mol. The van der Waals surface area contributed by atoms with E-state index in [9.17, 15) is 8.78 Å². The molecule has 2 aromatic carbocycles. The highest BCUT2D eigenvalue weighted by Gasteiger charge is 2.10. The number of hydrogen-bond acceptors (Lipinski definition) is 2. The summed E-state index contributed by atoms with van der Waals surface area (Å²) in [5, 5.41) is 0.0320. The number of hydrogen-bond donors (Lipinski definition) is 1. The number of nitrogens with two attached hydrogens (primary N) is 1. The average Bonchev–Trinajstić information content (AvgIpc) is 2.40. The first kappa shape index (κ1) is 14.8. The molecule has 0 heterocycles. The highest BCUT2D eigenvalue weighted by molar-refractivity contribution is 6.30. The smallest absolute Gasteiger partial charge is 0.148 e. The van der Waals surface area contributed by atoms with Crippen molar-refractivity contribution >= 4 is 11.6 Å². The molecule has 0 aromatic heterocycles. The second-order valence-corrected chi connectivity index (χ2v) is 4.88. The fourth-order valence-electron chi connectivity index (χ4n) is 1.79. The summed E-state index contributed by atoms with van der Waals surface area (Å²) in [4.78, 5) is 0. The first-order chi connectivity index (χ1) is 9.49. The van der Waals surface area contributed by atoms with Crippen molar-refractivity contribution < 1.29 is 13.5 Å². The van der Waals surface area contributed by atoms with Crippen LogP contribution in [-0.2, 0) is 6.61 Å². The third-order valence-electron chi connectivity index (χ3n) is 2.89. The van der Waals surface area contributed by atoms with Crippen LogP contribution in [0.4, 0.5) is 8.78 Å². The number of benzene rings is 2. The summed E-state index contributed by atoms with van der Waals surface area (Å²) < 4.78 is 32.7. The summed E-state index contributed by atoms with van der Waals surface area (Å²) in [7, 11) is 0. The minimum atomic E-state index is -0.526. The molecule has 2 N–H and O–H groups in total. The Morgan fingerprint density at radius 2 is 2.00 bits per heavy atom. The topological polar surface area (TPSA) is 35.2 Å². The minimum Gasteiger partial charge on any atom is -0.489 e. The van der Waals surface area contributed by atoms with Crippen LogP contribution < -0.4 is 10.5 Å². The number of ether oxygens (including phenoxy) is 1. The fourth-order valence-corrected chi connectivity index (χ4v) is 1.98. The molecule has 0 spiro atoms. The van der Waals surface area contributed by atoms with Crippen LogP contribution in [0.3, 0.4) is 0 Å². The molecule has 1 unspecified atom stereocenters. The molecular formula is C15H14ClF2NO. The highest BCUT2D eigenvalue weighted by Crippen LogP contribution is 2.23. The molecule has 2 rings (SSSR count). The average molecular weight is 298 g/mol. The van der Waals surface area contributed by atoms with Crippen molar-refractivity contribution in [2.45, 2.75) is 19.6 Å². The minimum absolute atomic E-state index is 0.0244. The van der Waals surface area contributed by atoms with E-state index in [1.165, 1.54) is 12.1 Å². The largest absolute Gasteiger partial charge is 0.489 e. The van der Waals surface area contributed by atoms with Crippen LogP contribution >= 0.6 is 11.6 Å². The van der Waals surface area contributed by atoms with Crippen molar-refractivity contribution in [3.05, 3.63) is 64.2 Å². The maximum absolute atomic E-state index is 13.7. The van der Waals surface area contributed by atoms with Crippen molar-refractivity contribution in [1.29, 1.82) is 0 Å². The molecule has 0 aliphatic carbocycles. The van der Waals surface area contributed by atoms with Crippen LogP contribution in [0.5, 0.6) is 5.75 Å². The van der Waals surface area contributed by atoms with E-state index in [4.69, 9.17) is 22.1 Å². The Labute approximate surface area is 121 Å². The van der Waals surface area contributed by atoms with Crippen molar-refractivity contribution in [3.63, 3.8) is 0 Å². The molecule has 0 amide bonds. The zero-order valence-corrected chi connectivity index (χ0v) is 11.6. The van der Waals surface area contributed by atoms with Gasteiger partial charge in [0.05, 0.1) is 5.02 Å². The molecule has 5 heteroatoms. The molecule has 0 bridgehead atoms. The summed E-state index contributed by atoms with van der Waals surface area (Å²) in [5.74, 6) is -0.655. The summed E-state index contributed by atoms with van der Waals surface area (Å²) in [6.07, 6.45) is 0. The van der Waals surface area contributed by atoms with E-state index in [1.54, 1.807) is 31.2 Å². The maximum Gasteiger partial charge on any atom is 0.148 e. The van der Waals surface area contributed by atoms with Crippen LogP contribution in [0.15, 0.2) is 36.4 Å². The van der Waals surface area contributed by atoms with Crippen LogP contribution in [0.2, 0.25) is 5.02 Å². The molecule has 1 atom stereocenters. The SMILES string of the molecule is CC(N)c1ccc(OCc2cccc(Cl)c2F)cc1F. The Kier molecular flexibility index (Phi) is 4.57. The summed E-state index contributed by atoms with van der Waals surface area (Å²) in [6.45, 7) is 1.67. The zero-order chi connectivity index (χ0) is 14.7. The maximum atomic E-state index is 13.7. The molecule has 2 nitrogen and oxygen atoms in total. The summed E-state index contributed by atoms with van der Waals surface area (Å²) in [6, 6.07) is 8.65. The van der Waals surface area contributed by atoms with E-state index >= 15 is 0 Å². The van der Waals surface area contributed by atoms with Crippen molar-refractivity contribution in [3.8, 4) is 5.75 Å². The van der Waals surface area contributed by atoms with E-state index in [-0.39, 0.29) is 11.6 Å². The van der Waals surface area contributed by atoms with Gasteiger partial charge in [0.25, 0.3) is 0 Å². The van der Waals surface area contributed by atoms with Gasteiger partial charge in [-0.1, -0.05) is 29.8 Å². The van der Waals surface area contributed by atoms with Crippen LogP contribution in [0.25, 0.3) is 0 Å². The third kappa shape index (κ3) is 3.26. The molecule has 20 heavy (non-hydrogen) atoms. The second kappa shape index (κ2) is 6.20. The Morgan fingerprint density at radius 1 is 1.25 bits per heavy atom. The highest BCUT2D eigenvalue weighted by atomic mass is 35.5. The van der Waals surface area contributed by atoms with Gasteiger partial charge in [0.15, 0.2) is 0 Å². The zero-order valence-electron chi connectivity index (χ0n) is 10.9. The van der Waals surface area contributed by atoms with Gasteiger partial charge < -0.3 is 10.5 Å². The molecule has 106 valence electrons. The summed E-state index contributed by atoms with van der Waals surface area (Å²) in [5.41, 5.74) is 6.34. The predicted octanol–water partition coefficient (Wildman–Crippen LogP) is 4.22. The lowest BCUT2D eigenvalue weighted by Crippen LogP contribution is -2.07. The Balaban J connectivity index is 2.11. The van der Waals surface area contributed by atoms with Gasteiger partial charge >= 0.3 is 0 Å². The Bertz CT molecular complexity index is 617. The lowest BCUT2D eigenvalue weighted by molar-refractivity contribution is 0.298. The fraction of sp³-hybridized carbons (Fsp3) is 0.200. The van der Waals surface area contributed by atoms with Crippen LogP contribution in [0.1, 0.15) is 24.1 Å². The van der Waals surface area contributed by atoms with Crippen molar-refractivity contribution in [2.24, 2.45) is 5.73 Å². The van der Waals surface area contributed by atoms with Gasteiger partial charge in [0.1, 0.15) is 24.0 Å². The van der Waals surface area contributed by atoms with Crippen LogP contribution in [-0.4, -0.2) is 0 Å². The van der Waals surface area contributed by atoms with E-state index in [2.05, 4.69) is 0 Å². The third-order valence-corrected chi connectivity index (χ3v) is 3.18. The number of rotatable bonds is 4. The quantitative estimate of drug-likeness (QED) is 0.917. The van der Waals surface area contributed by atoms with Gasteiger partial charge in [0, 0.05) is 23.2 Å². The second-order valence-electron chi connectivity index (χ2n) is 4.47. The lowest BCUT2D eigenvalue weighted by Gasteiger charge is -2.11. The molecule has 0 aliphatic heterocycles. The van der Waals surface area contributed by atoms with Gasteiger partial charge in [-0.2, -0.15) is 0 Å². The lowest BCUT2D eigenvalue weighted by atomic mass is 10.1. The first-order valence-electron chi connectivity index (χ1n) is 6.09. The van der Waals surface area contributed by atoms with E-state index in [1.807, 2.05) is 0 Å². The number of halogens is 3. The normalized spacial score (nSPS) is 12.2. The molecular weight excluding hydrogens is 284 g/mol. The van der Waals surface area contributed by atoms with E-state index < -0.39 is 17.7 Å². The summed E-state index contributed by atoms with van der Waals surface area (Å²) >= 11 is 5.67. The van der Waals surface area contributed by atoms with Crippen molar-refractivity contribution in [2.75, 3.05) is 0 Å². The molecule has 0 aliphatic rings. The van der Waals surface area contributed by atoms with E-state index in [0.717, 1.165) is 0 Å². The van der Waals surface area contributed by atoms with Gasteiger partial charge in [-0.3, -0.25) is 0 Å². The molecule has 2 aromatic rings. The van der Waals surface area contributed by atoms with Crippen molar-refractivity contribution in [1.82, 2.24) is 0 Å². The Morgan fingerprint density at radius 3 is 2.65 bits per heavy atom. The molecule has 0 saturated heterocycles. The standard InChI is InChI=1S/C15H14ClF2NO/c1-9(19)12-6-5-11(7-14(12)17)20-8-10-3-2-4-13(16)15(10)18/h2-7,9H,8,19H2,1H3. The molecule has 0 fully saturated rings. The first-order valence-corrected chi connectivity index (χ1v) is 6.47.